The molecular formula is C7H13NS. The predicted octanol–water partition coefficient (Wildman–Crippen LogP) is 1.24. The molecule has 2 atom stereocenters. The standard InChI is InChI=1S/C7H13NS/c1-3-9-4-2-7-5-6(1)8-7/h6-8H,1-5H2. The molecule has 0 aromatic heterocycles. The van der Waals surface area contributed by atoms with Crippen molar-refractivity contribution >= 4 is 11.8 Å². The van der Waals surface area contributed by atoms with Crippen LogP contribution in [-0.2, 0) is 0 Å². The van der Waals surface area contributed by atoms with Crippen molar-refractivity contribution in [1.82, 2.24) is 5.32 Å². The second-order valence-corrected chi connectivity index (χ2v) is 4.21. The molecule has 3 fully saturated rings. The molecule has 9 heavy (non-hydrogen) atoms. The van der Waals surface area contributed by atoms with E-state index in [1.807, 2.05) is 0 Å². The molecule has 3 aliphatic heterocycles. The minimum absolute atomic E-state index is 0.891. The number of hydrogen-bond donors (Lipinski definition) is 1. The highest BCUT2D eigenvalue weighted by Gasteiger charge is 2.28. The summed E-state index contributed by atoms with van der Waals surface area (Å²) < 4.78 is 0. The van der Waals surface area contributed by atoms with Gasteiger partial charge in [0.05, 0.1) is 0 Å². The van der Waals surface area contributed by atoms with E-state index in [-0.39, 0.29) is 0 Å². The maximum atomic E-state index is 3.57. The van der Waals surface area contributed by atoms with Gasteiger partial charge >= 0.3 is 0 Å². The zero-order valence-electron chi connectivity index (χ0n) is 5.60. The van der Waals surface area contributed by atoms with Crippen LogP contribution in [0.25, 0.3) is 0 Å². The summed E-state index contributed by atoms with van der Waals surface area (Å²) in [4.78, 5) is 0. The Balaban J connectivity index is 1.85. The molecular weight excluding hydrogens is 130 g/mol. The van der Waals surface area contributed by atoms with Gasteiger partial charge in [0.2, 0.25) is 0 Å². The summed E-state index contributed by atoms with van der Waals surface area (Å²) in [5.74, 6) is 2.76. The Kier molecular flexibility index (Phi) is 1.68. The lowest BCUT2D eigenvalue weighted by Crippen LogP contribution is -2.53. The van der Waals surface area contributed by atoms with Crippen LogP contribution in [0.5, 0.6) is 0 Å². The van der Waals surface area contributed by atoms with Gasteiger partial charge in [-0.1, -0.05) is 0 Å². The van der Waals surface area contributed by atoms with E-state index in [0.717, 1.165) is 12.1 Å². The second kappa shape index (κ2) is 2.51. The molecule has 3 saturated heterocycles. The lowest BCUT2D eigenvalue weighted by Gasteiger charge is -2.39. The van der Waals surface area contributed by atoms with Crippen molar-refractivity contribution in [1.29, 1.82) is 0 Å². The first-order chi connectivity index (χ1) is 4.45. The molecule has 0 radical (unpaired) electrons. The largest absolute Gasteiger partial charge is 0.311 e. The average molecular weight is 143 g/mol. The van der Waals surface area contributed by atoms with Crippen LogP contribution in [0.4, 0.5) is 0 Å². The topological polar surface area (TPSA) is 12.0 Å². The maximum Gasteiger partial charge on any atom is 0.00923 e. The molecule has 3 heterocycles. The van der Waals surface area contributed by atoms with E-state index in [0.29, 0.717) is 0 Å². The van der Waals surface area contributed by atoms with Crippen LogP contribution >= 0.6 is 11.8 Å². The molecule has 0 spiro atoms. The molecule has 52 valence electrons. The van der Waals surface area contributed by atoms with Gasteiger partial charge in [0.25, 0.3) is 0 Å². The molecule has 0 amide bonds. The lowest BCUT2D eigenvalue weighted by atomic mass is 9.93. The summed E-state index contributed by atoms with van der Waals surface area (Å²) in [5, 5.41) is 3.57. The van der Waals surface area contributed by atoms with Crippen LogP contribution in [0.3, 0.4) is 0 Å². The lowest BCUT2D eigenvalue weighted by molar-refractivity contribution is 0.251. The summed E-state index contributed by atoms with van der Waals surface area (Å²) in [6, 6.07) is 1.78. The van der Waals surface area contributed by atoms with Crippen LogP contribution in [0.1, 0.15) is 19.3 Å². The number of nitrogens with one attached hydrogen (secondary N) is 1. The average Bonchev–Trinajstić information content (AvgIpc) is 1.54. The summed E-state index contributed by atoms with van der Waals surface area (Å²) in [6.45, 7) is 0. The van der Waals surface area contributed by atoms with Crippen molar-refractivity contribution in [2.75, 3.05) is 11.5 Å². The van der Waals surface area contributed by atoms with Crippen LogP contribution in [0.15, 0.2) is 0 Å². The molecule has 3 aliphatic rings. The van der Waals surface area contributed by atoms with E-state index >= 15 is 0 Å². The van der Waals surface area contributed by atoms with Crippen molar-refractivity contribution in [3.8, 4) is 0 Å². The SMILES string of the molecule is C1CC2CC(CCS1)N2. The summed E-state index contributed by atoms with van der Waals surface area (Å²) in [7, 11) is 0. The first kappa shape index (κ1) is 6.05. The fraction of sp³-hybridized carbons (Fsp3) is 1.00. The van der Waals surface area contributed by atoms with Gasteiger partial charge in [-0.2, -0.15) is 11.8 Å². The van der Waals surface area contributed by atoms with E-state index in [2.05, 4.69) is 17.1 Å². The summed E-state index contributed by atoms with van der Waals surface area (Å²) in [5.41, 5.74) is 0. The third-order valence-corrected chi connectivity index (χ3v) is 3.31. The highest BCUT2D eigenvalue weighted by molar-refractivity contribution is 7.99. The van der Waals surface area contributed by atoms with Crippen molar-refractivity contribution in [3.05, 3.63) is 0 Å². The number of fused-ring (bicyclic) bond motifs is 4. The first-order valence-electron chi connectivity index (χ1n) is 3.79. The normalized spacial score (nSPS) is 42.7. The molecule has 0 aliphatic carbocycles. The zero-order valence-corrected chi connectivity index (χ0v) is 6.41. The molecule has 0 aromatic rings. The van der Waals surface area contributed by atoms with Crippen molar-refractivity contribution < 1.29 is 0 Å². The van der Waals surface area contributed by atoms with Crippen molar-refractivity contribution in [3.63, 3.8) is 0 Å². The number of thioether (sulfide) groups is 1. The van der Waals surface area contributed by atoms with Crippen LogP contribution in [0.2, 0.25) is 0 Å². The Morgan fingerprint density at radius 1 is 1.11 bits per heavy atom. The third kappa shape index (κ3) is 1.24. The van der Waals surface area contributed by atoms with Gasteiger partial charge in [0.1, 0.15) is 0 Å². The van der Waals surface area contributed by atoms with Gasteiger partial charge in [-0.25, -0.2) is 0 Å². The fourth-order valence-electron chi connectivity index (χ4n) is 1.61. The predicted molar refractivity (Wildman–Crippen MR) is 41.9 cm³/mol. The van der Waals surface area contributed by atoms with E-state index < -0.39 is 0 Å². The van der Waals surface area contributed by atoms with E-state index in [1.54, 1.807) is 0 Å². The molecule has 2 bridgehead atoms. The Morgan fingerprint density at radius 2 is 1.67 bits per heavy atom. The number of hydrogen-bond acceptors (Lipinski definition) is 2. The minimum Gasteiger partial charge on any atom is -0.311 e. The monoisotopic (exact) mass is 143 g/mol. The fourth-order valence-corrected chi connectivity index (χ4v) is 2.71. The minimum atomic E-state index is 0.891. The smallest absolute Gasteiger partial charge is 0.00923 e. The molecule has 2 unspecified atom stereocenters. The highest BCUT2D eigenvalue weighted by atomic mass is 32.2. The van der Waals surface area contributed by atoms with Crippen molar-refractivity contribution in [2.24, 2.45) is 0 Å². The van der Waals surface area contributed by atoms with Gasteiger partial charge in [-0.05, 0) is 30.8 Å². The first-order valence-corrected chi connectivity index (χ1v) is 4.94. The highest BCUT2D eigenvalue weighted by Crippen LogP contribution is 2.24. The molecule has 1 nitrogen and oxygen atoms in total. The summed E-state index contributed by atoms with van der Waals surface area (Å²) in [6.07, 6.45) is 4.27. The third-order valence-electron chi connectivity index (χ3n) is 2.26. The van der Waals surface area contributed by atoms with E-state index in [4.69, 9.17) is 0 Å². The molecule has 1 N–H and O–H groups in total. The van der Waals surface area contributed by atoms with Gasteiger partial charge in [0.15, 0.2) is 0 Å². The quantitative estimate of drug-likeness (QED) is 0.547. The van der Waals surface area contributed by atoms with E-state index in [9.17, 15) is 0 Å². The van der Waals surface area contributed by atoms with Gasteiger partial charge in [-0.3, -0.25) is 0 Å². The Labute approximate surface area is 60.6 Å². The van der Waals surface area contributed by atoms with Crippen LogP contribution in [0, 0.1) is 0 Å². The zero-order chi connectivity index (χ0) is 6.10. The second-order valence-electron chi connectivity index (χ2n) is 2.99. The Bertz CT molecular complexity index is 83.6. The van der Waals surface area contributed by atoms with Crippen LogP contribution < -0.4 is 5.32 Å². The number of rotatable bonds is 0. The van der Waals surface area contributed by atoms with Gasteiger partial charge in [-0.15, -0.1) is 0 Å². The van der Waals surface area contributed by atoms with Gasteiger partial charge in [0, 0.05) is 12.1 Å². The Hall–Kier alpha value is 0.310. The molecule has 0 saturated carbocycles. The van der Waals surface area contributed by atoms with Gasteiger partial charge < -0.3 is 5.32 Å². The van der Waals surface area contributed by atoms with Crippen LogP contribution in [-0.4, -0.2) is 23.6 Å². The molecule has 3 rings (SSSR count). The summed E-state index contributed by atoms with van der Waals surface area (Å²) >= 11 is 2.12. The molecule has 2 heteroatoms. The van der Waals surface area contributed by atoms with Crippen molar-refractivity contribution in [2.45, 2.75) is 31.3 Å². The van der Waals surface area contributed by atoms with E-state index in [1.165, 1.54) is 30.8 Å². The molecule has 0 aromatic carbocycles. The maximum absolute atomic E-state index is 3.57. The Morgan fingerprint density at radius 3 is 2.22 bits per heavy atom.